The first-order valence-electron chi connectivity index (χ1n) is 9.39. The van der Waals surface area contributed by atoms with Gasteiger partial charge >= 0.3 is 13.2 Å². The number of amides is 1. The maximum Gasteiger partial charge on any atom is 0.515 e. The van der Waals surface area contributed by atoms with E-state index in [-0.39, 0.29) is 17.6 Å². The second kappa shape index (κ2) is 7.23. The largest absolute Gasteiger partial charge is 0.515 e. The van der Waals surface area contributed by atoms with Crippen LogP contribution < -0.4 is 5.59 Å². The molecule has 0 N–H and O–H groups in total. The van der Waals surface area contributed by atoms with Crippen molar-refractivity contribution in [3.05, 3.63) is 12.3 Å². The number of aromatic nitrogens is 2. The van der Waals surface area contributed by atoms with E-state index in [4.69, 9.17) is 14.0 Å². The van der Waals surface area contributed by atoms with Gasteiger partial charge in [0.2, 0.25) is 0 Å². The lowest BCUT2D eigenvalue weighted by molar-refractivity contribution is 0.0167. The molecule has 3 heterocycles. The molecule has 0 aromatic carbocycles. The van der Waals surface area contributed by atoms with Crippen LogP contribution in [0.2, 0.25) is 0 Å². The third kappa shape index (κ3) is 4.79. The highest BCUT2D eigenvalue weighted by atomic mass is 16.6. The predicted octanol–water partition coefficient (Wildman–Crippen LogP) is 2.22. The Labute approximate surface area is 156 Å². The maximum absolute atomic E-state index is 12.3. The fourth-order valence-electron chi connectivity index (χ4n) is 3.21. The first kappa shape index (κ1) is 19.2. The highest BCUT2D eigenvalue weighted by molar-refractivity contribution is 6.60. The van der Waals surface area contributed by atoms with Gasteiger partial charge in [-0.3, -0.25) is 4.68 Å². The Morgan fingerprint density at radius 2 is 2.04 bits per heavy atom. The second-order valence-electron chi connectivity index (χ2n) is 9.06. The number of rotatable bonds is 2. The summed E-state index contributed by atoms with van der Waals surface area (Å²) in [5.41, 5.74) is 0.345. The van der Waals surface area contributed by atoms with E-state index in [1.54, 1.807) is 4.90 Å². The van der Waals surface area contributed by atoms with Crippen molar-refractivity contribution in [1.29, 1.82) is 0 Å². The van der Waals surface area contributed by atoms with Crippen molar-refractivity contribution in [2.45, 2.75) is 59.1 Å². The minimum Gasteiger partial charge on any atom is -0.444 e. The predicted molar refractivity (Wildman–Crippen MR) is 99.4 cm³/mol. The highest BCUT2D eigenvalue weighted by Crippen LogP contribution is 2.23. The van der Waals surface area contributed by atoms with Crippen LogP contribution in [0.15, 0.2) is 12.3 Å². The van der Waals surface area contributed by atoms with Gasteiger partial charge in [-0.25, -0.2) is 4.79 Å². The first-order valence-corrected chi connectivity index (χ1v) is 9.39. The van der Waals surface area contributed by atoms with Crippen molar-refractivity contribution in [3.63, 3.8) is 0 Å². The lowest BCUT2D eigenvalue weighted by atomic mass is 9.80. The number of carbonyl (C=O) groups excluding carboxylic acids is 1. The summed E-state index contributed by atoms with van der Waals surface area (Å²) in [7, 11) is -0.408. The van der Waals surface area contributed by atoms with E-state index in [1.165, 1.54) is 0 Å². The minimum absolute atomic E-state index is 0.0380. The Morgan fingerprint density at radius 1 is 1.35 bits per heavy atom. The topological polar surface area (TPSA) is 65.8 Å². The molecule has 1 atom stereocenters. The molecule has 7 nitrogen and oxygen atoms in total. The molecule has 1 unspecified atom stereocenters. The van der Waals surface area contributed by atoms with Gasteiger partial charge in [-0.2, -0.15) is 5.10 Å². The normalized spacial score (nSPS) is 23.8. The van der Waals surface area contributed by atoms with Crippen LogP contribution in [-0.2, 0) is 14.0 Å². The Kier molecular flexibility index (Phi) is 5.35. The molecule has 0 saturated carbocycles. The molecule has 1 aromatic rings. The van der Waals surface area contributed by atoms with Gasteiger partial charge in [0.05, 0.1) is 11.6 Å². The number of hydrogen-bond acceptors (Lipinski definition) is 5. The van der Waals surface area contributed by atoms with E-state index < -0.39 is 12.7 Å². The summed E-state index contributed by atoms with van der Waals surface area (Å²) >= 11 is 0. The molecule has 0 radical (unpaired) electrons. The summed E-state index contributed by atoms with van der Waals surface area (Å²) in [4.78, 5) is 14.1. The number of ether oxygens (including phenoxy) is 1. The van der Waals surface area contributed by atoms with E-state index in [0.29, 0.717) is 19.8 Å². The molecule has 2 saturated heterocycles. The highest BCUT2D eigenvalue weighted by Gasteiger charge is 2.36. The molecule has 2 aliphatic rings. The summed E-state index contributed by atoms with van der Waals surface area (Å²) in [5, 5.41) is 4.66. The molecule has 2 aliphatic heterocycles. The van der Waals surface area contributed by atoms with Crippen LogP contribution in [-0.4, -0.2) is 59.8 Å². The SMILES string of the molecule is CC1(C)COB(c2ccn(C3CCCN(C(=O)OC(C)(C)C)C3)n2)OC1. The van der Waals surface area contributed by atoms with E-state index >= 15 is 0 Å². The number of likely N-dealkylation sites (tertiary alicyclic amines) is 1. The van der Waals surface area contributed by atoms with E-state index in [1.807, 2.05) is 37.7 Å². The van der Waals surface area contributed by atoms with Crippen molar-refractivity contribution >= 4 is 18.8 Å². The summed E-state index contributed by atoms with van der Waals surface area (Å²) < 4.78 is 19.1. The molecule has 26 heavy (non-hydrogen) atoms. The molecule has 2 fully saturated rings. The number of carbonyl (C=O) groups is 1. The minimum atomic E-state index is -0.480. The first-order chi connectivity index (χ1) is 12.1. The molecule has 3 rings (SSSR count). The molecule has 0 bridgehead atoms. The average molecular weight is 363 g/mol. The third-order valence-electron chi connectivity index (χ3n) is 4.54. The van der Waals surface area contributed by atoms with Crippen molar-refractivity contribution in [2.75, 3.05) is 26.3 Å². The smallest absolute Gasteiger partial charge is 0.444 e. The van der Waals surface area contributed by atoms with Crippen LogP contribution in [0.4, 0.5) is 4.79 Å². The summed E-state index contributed by atoms with van der Waals surface area (Å²) in [6, 6.07) is 2.08. The van der Waals surface area contributed by atoms with Crippen molar-refractivity contribution < 1.29 is 18.8 Å². The Morgan fingerprint density at radius 3 is 2.69 bits per heavy atom. The van der Waals surface area contributed by atoms with Crippen LogP contribution in [0.3, 0.4) is 0 Å². The molecular weight excluding hydrogens is 333 g/mol. The summed E-state index contributed by atoms with van der Waals surface area (Å²) in [6.07, 6.45) is 3.62. The number of piperidine rings is 1. The van der Waals surface area contributed by atoms with Crippen molar-refractivity contribution in [2.24, 2.45) is 5.41 Å². The van der Waals surface area contributed by atoms with E-state index in [9.17, 15) is 4.79 Å². The fraction of sp³-hybridized carbons (Fsp3) is 0.778. The zero-order valence-corrected chi connectivity index (χ0v) is 16.5. The van der Waals surface area contributed by atoms with Crippen LogP contribution in [0.5, 0.6) is 0 Å². The van der Waals surface area contributed by atoms with Crippen LogP contribution in [0.1, 0.15) is 53.5 Å². The Balaban J connectivity index is 1.61. The van der Waals surface area contributed by atoms with Gasteiger partial charge in [0, 0.05) is 37.9 Å². The fourth-order valence-corrected chi connectivity index (χ4v) is 3.21. The van der Waals surface area contributed by atoms with Crippen LogP contribution in [0, 0.1) is 5.41 Å². The third-order valence-corrected chi connectivity index (χ3v) is 4.54. The zero-order valence-electron chi connectivity index (χ0n) is 16.5. The van der Waals surface area contributed by atoms with Crippen LogP contribution in [0.25, 0.3) is 0 Å². The number of hydrogen-bond donors (Lipinski definition) is 0. The summed E-state index contributed by atoms with van der Waals surface area (Å²) in [6.45, 7) is 12.5. The van der Waals surface area contributed by atoms with E-state index in [2.05, 4.69) is 18.9 Å². The molecule has 144 valence electrons. The Hall–Kier alpha value is -1.54. The number of nitrogens with zero attached hydrogens (tertiary/aromatic N) is 3. The Bertz CT molecular complexity index is 631. The second-order valence-corrected chi connectivity index (χ2v) is 9.06. The summed E-state index contributed by atoms with van der Waals surface area (Å²) in [5.74, 6) is 0. The molecule has 8 heteroatoms. The lowest BCUT2D eigenvalue weighted by Gasteiger charge is -2.34. The van der Waals surface area contributed by atoms with Gasteiger partial charge in [0.1, 0.15) is 5.60 Å². The van der Waals surface area contributed by atoms with Crippen molar-refractivity contribution in [1.82, 2.24) is 14.7 Å². The standard InChI is InChI=1S/C18H30BN3O4/c1-17(2,3)26-16(23)21-9-6-7-14(11-21)22-10-8-15(20-22)19-24-12-18(4,5)13-25-19/h8,10,14H,6-7,9,11-13H2,1-5H3. The van der Waals surface area contributed by atoms with Crippen LogP contribution >= 0.6 is 0 Å². The molecule has 1 amide bonds. The lowest BCUT2D eigenvalue weighted by Crippen LogP contribution is -2.48. The van der Waals surface area contributed by atoms with Gasteiger partial charge < -0.3 is 18.9 Å². The van der Waals surface area contributed by atoms with Gasteiger partial charge in [-0.1, -0.05) is 13.8 Å². The van der Waals surface area contributed by atoms with Gasteiger partial charge in [0.25, 0.3) is 0 Å². The van der Waals surface area contributed by atoms with E-state index in [0.717, 1.165) is 25.0 Å². The quantitative estimate of drug-likeness (QED) is 0.754. The molecule has 0 aliphatic carbocycles. The van der Waals surface area contributed by atoms with Crippen molar-refractivity contribution in [3.8, 4) is 0 Å². The molecular formula is C18H30BN3O4. The van der Waals surface area contributed by atoms with Gasteiger partial charge in [-0.15, -0.1) is 0 Å². The molecule has 1 aromatic heterocycles. The molecule has 0 spiro atoms. The van der Waals surface area contributed by atoms with Gasteiger partial charge in [-0.05, 0) is 39.7 Å². The van der Waals surface area contributed by atoms with Gasteiger partial charge in [0.15, 0.2) is 0 Å². The average Bonchev–Trinajstić information content (AvgIpc) is 3.03. The maximum atomic E-state index is 12.3. The zero-order chi connectivity index (χ0) is 18.9. The monoisotopic (exact) mass is 363 g/mol.